The van der Waals surface area contributed by atoms with E-state index < -0.39 is 12.2 Å². The van der Waals surface area contributed by atoms with E-state index in [1.165, 1.54) is 0 Å². The van der Waals surface area contributed by atoms with Gasteiger partial charge in [-0.25, -0.2) is 14.5 Å². The lowest BCUT2D eigenvalue weighted by Gasteiger charge is -2.36. The van der Waals surface area contributed by atoms with Crippen LogP contribution in [0.4, 0.5) is 22.2 Å². The highest BCUT2D eigenvalue weighted by Gasteiger charge is 2.38. The molecule has 2 aromatic heterocycles. The van der Waals surface area contributed by atoms with Crippen molar-refractivity contribution in [1.82, 2.24) is 30.0 Å². The van der Waals surface area contributed by atoms with Gasteiger partial charge in [-0.05, 0) is 50.2 Å². The number of aryl methyl sites for hydroxylation is 1. The minimum absolute atomic E-state index is 0.211. The van der Waals surface area contributed by atoms with Gasteiger partial charge in [0.15, 0.2) is 0 Å². The molecule has 2 fully saturated rings. The lowest BCUT2D eigenvalue weighted by atomic mass is 9.85. The molecule has 56 heavy (non-hydrogen) atoms. The van der Waals surface area contributed by atoms with Crippen molar-refractivity contribution in [3.05, 3.63) is 126 Å². The molecule has 3 amide bonds. The number of carbonyl (C=O) groups excluding carboxylic acids is 2. The first-order chi connectivity index (χ1) is 27.3. The van der Waals surface area contributed by atoms with E-state index in [9.17, 15) is 9.59 Å². The van der Waals surface area contributed by atoms with E-state index in [-0.39, 0.29) is 11.3 Å². The van der Waals surface area contributed by atoms with E-state index >= 15 is 0 Å². The highest BCUT2D eigenvalue weighted by molar-refractivity contribution is 6.07. The average Bonchev–Trinajstić information content (AvgIpc) is 3.62. The summed E-state index contributed by atoms with van der Waals surface area (Å²) in [5.41, 5.74) is 3.73. The molecule has 0 spiro atoms. The fourth-order valence-corrected chi connectivity index (χ4v) is 6.68. The first-order valence-electron chi connectivity index (χ1n) is 18.6. The summed E-state index contributed by atoms with van der Waals surface area (Å²) in [7, 11) is 0. The van der Waals surface area contributed by atoms with Crippen molar-refractivity contribution >= 4 is 40.2 Å². The number of aromatic nitrogens is 4. The summed E-state index contributed by atoms with van der Waals surface area (Å²) in [6.07, 6.45) is 1.11. The molecule has 0 aliphatic carbocycles. The average molecular weight is 754 g/mol. The van der Waals surface area contributed by atoms with Gasteiger partial charge in [0, 0.05) is 54.3 Å². The number of carbonyl (C=O) groups is 2. The molecule has 4 aromatic carbocycles. The van der Waals surface area contributed by atoms with Crippen LogP contribution in [0.2, 0.25) is 0 Å². The first-order valence-corrected chi connectivity index (χ1v) is 18.6. The quantitative estimate of drug-likeness (QED) is 0.104. The maximum Gasteiger partial charge on any atom is 0.324 e. The van der Waals surface area contributed by atoms with Crippen LogP contribution < -0.4 is 26.0 Å². The van der Waals surface area contributed by atoms with E-state index in [0.717, 1.165) is 40.8 Å². The minimum atomic E-state index is -0.495. The van der Waals surface area contributed by atoms with Crippen LogP contribution in [0, 0.1) is 6.92 Å². The smallest absolute Gasteiger partial charge is 0.324 e. The van der Waals surface area contributed by atoms with E-state index in [1.807, 2.05) is 79.7 Å². The fourth-order valence-electron chi connectivity index (χ4n) is 6.68. The molecule has 2 saturated heterocycles. The number of urea groups is 1. The summed E-state index contributed by atoms with van der Waals surface area (Å²) in [6.45, 7) is 8.54. The molecule has 2 aliphatic rings. The van der Waals surface area contributed by atoms with Gasteiger partial charge in [0.25, 0.3) is 5.91 Å². The summed E-state index contributed by atoms with van der Waals surface area (Å²) in [6, 6.07) is 31.4. The summed E-state index contributed by atoms with van der Waals surface area (Å²) in [5, 5.41) is 18.8. The van der Waals surface area contributed by atoms with Crippen molar-refractivity contribution in [2.24, 2.45) is 0 Å². The van der Waals surface area contributed by atoms with Crippen molar-refractivity contribution in [3.8, 4) is 17.3 Å². The van der Waals surface area contributed by atoms with E-state index in [4.69, 9.17) is 19.3 Å². The van der Waals surface area contributed by atoms with Crippen molar-refractivity contribution in [2.45, 2.75) is 25.4 Å². The molecule has 4 N–H and O–H groups in total. The van der Waals surface area contributed by atoms with Crippen LogP contribution in [0.1, 0.15) is 28.5 Å². The molecule has 1 atom stereocenters. The predicted molar refractivity (Wildman–Crippen MR) is 214 cm³/mol. The van der Waals surface area contributed by atoms with Crippen LogP contribution >= 0.6 is 0 Å². The predicted octanol–water partition coefficient (Wildman–Crippen LogP) is 6.35. The van der Waals surface area contributed by atoms with Gasteiger partial charge in [-0.2, -0.15) is 10.1 Å². The van der Waals surface area contributed by atoms with Crippen LogP contribution in [0.3, 0.4) is 0 Å². The summed E-state index contributed by atoms with van der Waals surface area (Å²) >= 11 is 0. The summed E-state index contributed by atoms with van der Waals surface area (Å²) in [5.74, 6) is 1.46. The molecular formula is C42H43N9O5. The zero-order chi connectivity index (χ0) is 38.5. The Kier molecular flexibility index (Phi) is 10.6. The Morgan fingerprint density at radius 3 is 2.38 bits per heavy atom. The molecule has 14 heteroatoms. The van der Waals surface area contributed by atoms with Crippen molar-refractivity contribution in [3.63, 3.8) is 0 Å². The second kappa shape index (κ2) is 16.2. The van der Waals surface area contributed by atoms with Crippen LogP contribution in [0.15, 0.2) is 109 Å². The van der Waals surface area contributed by atoms with Crippen molar-refractivity contribution in [2.75, 3.05) is 62.0 Å². The first kappa shape index (κ1) is 36.6. The van der Waals surface area contributed by atoms with Crippen LogP contribution in [0.25, 0.3) is 16.5 Å². The topological polar surface area (TPSA) is 157 Å². The van der Waals surface area contributed by atoms with E-state index in [1.54, 1.807) is 41.2 Å². The Labute approximate surface area is 324 Å². The van der Waals surface area contributed by atoms with E-state index in [0.29, 0.717) is 67.6 Å². The molecule has 1 unspecified atom stereocenters. The molecule has 286 valence electrons. The number of rotatable bonds is 12. The number of benzene rings is 4. The van der Waals surface area contributed by atoms with Gasteiger partial charge in [0.05, 0.1) is 48.9 Å². The normalized spacial score (nSPS) is 15.7. The maximum absolute atomic E-state index is 13.6. The number of morpholine rings is 1. The third-order valence-corrected chi connectivity index (χ3v) is 9.86. The molecule has 0 saturated carbocycles. The molecule has 0 radical (unpaired) electrons. The fraction of sp³-hybridized carbons (Fsp3) is 0.262. The molecule has 4 heterocycles. The Morgan fingerprint density at radius 1 is 0.875 bits per heavy atom. The number of nitrogens with zero attached hydrogens (tertiary/aromatic N) is 5. The summed E-state index contributed by atoms with van der Waals surface area (Å²) in [4.78, 5) is 38.0. The van der Waals surface area contributed by atoms with Crippen molar-refractivity contribution < 1.29 is 23.8 Å². The third kappa shape index (κ3) is 8.32. The molecule has 0 bridgehead atoms. The molecule has 14 nitrogen and oxygen atoms in total. The molecular weight excluding hydrogens is 711 g/mol. The number of amides is 3. The number of hydrogen-bond donors (Lipinski definition) is 4. The zero-order valence-electron chi connectivity index (χ0n) is 31.2. The Balaban J connectivity index is 0.989. The number of anilines is 3. The Hall–Kier alpha value is -6.35. The van der Waals surface area contributed by atoms with Gasteiger partial charge >= 0.3 is 6.03 Å². The van der Waals surface area contributed by atoms with Gasteiger partial charge in [-0.3, -0.25) is 15.0 Å². The van der Waals surface area contributed by atoms with Gasteiger partial charge in [-0.1, -0.05) is 60.2 Å². The van der Waals surface area contributed by atoms with Crippen molar-refractivity contribution in [1.29, 1.82) is 0 Å². The van der Waals surface area contributed by atoms with Gasteiger partial charge in [0.1, 0.15) is 17.7 Å². The van der Waals surface area contributed by atoms with Crippen LogP contribution in [0.5, 0.6) is 11.6 Å². The SMILES string of the molecule is Cc1ccc(-n2nc(C3(C)COC3)cc2NC(=O)Nc2ccc(Oc3ccnc(NC(CN4CCOCC4)NC(=O)c4ccccc4)n3)c3ccccc23)cc1. The number of fused-ring (bicyclic) bond motifs is 1. The zero-order valence-corrected chi connectivity index (χ0v) is 31.2. The number of ether oxygens (including phenoxy) is 3. The lowest BCUT2D eigenvalue weighted by Crippen LogP contribution is -2.51. The third-order valence-electron chi connectivity index (χ3n) is 9.86. The van der Waals surface area contributed by atoms with Gasteiger partial charge in [0.2, 0.25) is 11.8 Å². The largest absolute Gasteiger partial charge is 0.438 e. The standard InChI is InChI=1S/C42H43N9O5/c1-28-12-14-30(15-13-28)51-37(24-35(49-51)42(2)26-55-27-42)47-41(53)44-33-16-17-34(32-11-7-6-10-31(32)33)56-38-18-19-43-40(48-38)46-36(25-50-20-22-54-23-21-50)45-39(52)29-8-4-3-5-9-29/h3-19,24,36H,20-23,25-27H2,1-2H3,(H,45,52)(H,43,46,48)(H2,44,47,53). The highest BCUT2D eigenvalue weighted by Crippen LogP contribution is 2.35. The number of nitrogens with one attached hydrogen (secondary N) is 4. The Morgan fingerprint density at radius 2 is 1.62 bits per heavy atom. The number of hydrogen-bond acceptors (Lipinski definition) is 10. The molecule has 8 rings (SSSR count). The monoisotopic (exact) mass is 753 g/mol. The second-order valence-corrected chi connectivity index (χ2v) is 14.2. The van der Waals surface area contributed by atoms with Gasteiger partial charge < -0.3 is 30.2 Å². The minimum Gasteiger partial charge on any atom is -0.438 e. The van der Waals surface area contributed by atoms with Crippen LogP contribution in [-0.2, 0) is 14.9 Å². The second-order valence-electron chi connectivity index (χ2n) is 14.2. The molecule has 2 aliphatic heterocycles. The molecule has 6 aromatic rings. The van der Waals surface area contributed by atoms with Gasteiger partial charge in [-0.15, -0.1) is 0 Å². The lowest BCUT2D eigenvalue weighted by molar-refractivity contribution is -0.0522. The Bertz CT molecular complexity index is 2320. The van der Waals surface area contributed by atoms with E-state index in [2.05, 4.69) is 43.1 Å². The van der Waals surface area contributed by atoms with Crippen LogP contribution in [-0.4, -0.2) is 88.8 Å². The highest BCUT2D eigenvalue weighted by atomic mass is 16.5. The summed E-state index contributed by atoms with van der Waals surface area (Å²) < 4.78 is 19.1. The maximum atomic E-state index is 13.6.